The molecular weight excluding hydrogens is 312 g/mol. The number of ether oxygens (including phenoxy) is 2. The van der Waals surface area contributed by atoms with Gasteiger partial charge >= 0.3 is 0 Å². The SMILES string of the molecule is CC=C(c1ccc(N(C)C)cc1OC)c1ccc(N(C)C)cc1OC. The Bertz CT molecular complexity index is 703. The van der Waals surface area contributed by atoms with Crippen molar-refractivity contribution in [2.24, 2.45) is 0 Å². The number of hydrogen-bond acceptors (Lipinski definition) is 4. The molecule has 0 radical (unpaired) electrons. The highest BCUT2D eigenvalue weighted by Crippen LogP contribution is 2.38. The van der Waals surface area contributed by atoms with Crippen molar-refractivity contribution in [1.82, 2.24) is 0 Å². The zero-order valence-corrected chi connectivity index (χ0v) is 16.3. The lowest BCUT2D eigenvalue weighted by Crippen LogP contribution is -2.09. The quantitative estimate of drug-likeness (QED) is 0.783. The number of hydrogen-bond donors (Lipinski definition) is 0. The molecule has 25 heavy (non-hydrogen) atoms. The van der Waals surface area contributed by atoms with E-state index in [-0.39, 0.29) is 0 Å². The summed E-state index contributed by atoms with van der Waals surface area (Å²) in [4.78, 5) is 4.13. The number of benzene rings is 2. The van der Waals surface area contributed by atoms with Crippen molar-refractivity contribution >= 4 is 16.9 Å². The molecule has 0 bridgehead atoms. The molecule has 0 heterocycles. The van der Waals surface area contributed by atoms with Crippen molar-refractivity contribution in [3.8, 4) is 11.5 Å². The second kappa shape index (κ2) is 7.97. The van der Waals surface area contributed by atoms with Gasteiger partial charge in [-0.05, 0) is 36.8 Å². The molecular formula is C21H28N2O2. The fourth-order valence-corrected chi connectivity index (χ4v) is 2.82. The first-order chi connectivity index (χ1) is 11.9. The van der Waals surface area contributed by atoms with Crippen LogP contribution in [0.2, 0.25) is 0 Å². The number of allylic oxidation sites excluding steroid dienone is 1. The molecule has 0 aliphatic rings. The first-order valence-corrected chi connectivity index (χ1v) is 8.30. The number of anilines is 2. The molecule has 0 saturated heterocycles. The van der Waals surface area contributed by atoms with Gasteiger partial charge in [-0.3, -0.25) is 0 Å². The third-order valence-corrected chi connectivity index (χ3v) is 4.27. The van der Waals surface area contributed by atoms with E-state index in [4.69, 9.17) is 9.47 Å². The zero-order valence-electron chi connectivity index (χ0n) is 16.3. The van der Waals surface area contributed by atoms with Gasteiger partial charge in [0.2, 0.25) is 0 Å². The van der Waals surface area contributed by atoms with Crippen molar-refractivity contribution in [2.75, 3.05) is 52.2 Å². The number of methoxy groups -OCH3 is 2. The van der Waals surface area contributed by atoms with Crippen LogP contribution >= 0.6 is 0 Å². The average molecular weight is 340 g/mol. The summed E-state index contributed by atoms with van der Waals surface area (Å²) in [6.45, 7) is 2.04. The fraction of sp³-hybridized carbons (Fsp3) is 0.333. The molecule has 2 aromatic carbocycles. The summed E-state index contributed by atoms with van der Waals surface area (Å²) in [6, 6.07) is 12.5. The van der Waals surface area contributed by atoms with E-state index in [1.165, 1.54) is 0 Å². The summed E-state index contributed by atoms with van der Waals surface area (Å²) in [5, 5.41) is 0. The van der Waals surface area contributed by atoms with E-state index in [1.807, 2.05) is 35.1 Å². The highest BCUT2D eigenvalue weighted by Gasteiger charge is 2.16. The lowest BCUT2D eigenvalue weighted by atomic mass is 9.95. The molecule has 2 aromatic rings. The predicted molar refractivity (Wildman–Crippen MR) is 107 cm³/mol. The predicted octanol–water partition coefficient (Wildman–Crippen LogP) is 4.29. The molecule has 134 valence electrons. The number of nitrogens with zero attached hydrogens (tertiary/aromatic N) is 2. The maximum atomic E-state index is 5.66. The van der Waals surface area contributed by atoms with Crippen LogP contribution in [-0.4, -0.2) is 42.4 Å². The van der Waals surface area contributed by atoms with E-state index in [0.29, 0.717) is 0 Å². The molecule has 0 unspecified atom stereocenters. The van der Waals surface area contributed by atoms with Crippen molar-refractivity contribution in [3.05, 3.63) is 53.6 Å². The van der Waals surface area contributed by atoms with Crippen LogP contribution in [0.4, 0.5) is 11.4 Å². The Balaban J connectivity index is 2.58. The molecule has 0 aromatic heterocycles. The topological polar surface area (TPSA) is 24.9 Å². The molecule has 4 heteroatoms. The van der Waals surface area contributed by atoms with E-state index in [1.54, 1.807) is 14.2 Å². The van der Waals surface area contributed by atoms with Crippen LogP contribution in [0.15, 0.2) is 42.5 Å². The van der Waals surface area contributed by atoms with Crippen molar-refractivity contribution in [3.63, 3.8) is 0 Å². The summed E-state index contributed by atoms with van der Waals surface area (Å²) < 4.78 is 11.3. The van der Waals surface area contributed by atoms with Crippen molar-refractivity contribution in [2.45, 2.75) is 6.92 Å². The van der Waals surface area contributed by atoms with E-state index in [9.17, 15) is 0 Å². The van der Waals surface area contributed by atoms with Gasteiger partial charge in [-0.15, -0.1) is 0 Å². The van der Waals surface area contributed by atoms with Crippen LogP contribution in [0.1, 0.15) is 18.1 Å². The van der Waals surface area contributed by atoms with Crippen molar-refractivity contribution in [1.29, 1.82) is 0 Å². The smallest absolute Gasteiger partial charge is 0.128 e. The Morgan fingerprint density at radius 2 is 1.16 bits per heavy atom. The minimum atomic E-state index is 0.845. The first-order valence-electron chi connectivity index (χ1n) is 8.30. The van der Waals surface area contributed by atoms with Crippen LogP contribution in [-0.2, 0) is 0 Å². The van der Waals surface area contributed by atoms with Crippen LogP contribution in [0.5, 0.6) is 11.5 Å². The maximum absolute atomic E-state index is 5.66. The molecule has 4 nitrogen and oxygen atoms in total. The van der Waals surface area contributed by atoms with Crippen LogP contribution in [0.3, 0.4) is 0 Å². The van der Waals surface area contributed by atoms with E-state index in [2.05, 4.69) is 52.3 Å². The summed E-state index contributed by atoms with van der Waals surface area (Å²) in [7, 11) is 11.5. The highest BCUT2D eigenvalue weighted by atomic mass is 16.5. The fourth-order valence-electron chi connectivity index (χ4n) is 2.82. The zero-order chi connectivity index (χ0) is 18.6. The van der Waals surface area contributed by atoms with E-state index >= 15 is 0 Å². The van der Waals surface area contributed by atoms with Crippen LogP contribution in [0, 0.1) is 0 Å². The molecule has 0 fully saturated rings. The van der Waals surface area contributed by atoms with Crippen molar-refractivity contribution < 1.29 is 9.47 Å². The first kappa shape index (κ1) is 18.7. The summed E-state index contributed by atoms with van der Waals surface area (Å²) in [5.41, 5.74) is 5.39. The normalized spacial score (nSPS) is 10.2. The third kappa shape index (κ3) is 3.90. The van der Waals surface area contributed by atoms with Gasteiger partial charge in [-0.25, -0.2) is 0 Å². The lowest BCUT2D eigenvalue weighted by molar-refractivity contribution is 0.411. The molecule has 0 saturated carbocycles. The minimum Gasteiger partial charge on any atom is -0.496 e. The van der Waals surface area contributed by atoms with Crippen LogP contribution < -0.4 is 19.3 Å². The summed E-state index contributed by atoms with van der Waals surface area (Å²) in [5.74, 6) is 1.69. The van der Waals surface area contributed by atoms with Gasteiger partial charge in [0.1, 0.15) is 11.5 Å². The van der Waals surface area contributed by atoms with Crippen LogP contribution in [0.25, 0.3) is 5.57 Å². The molecule has 0 amide bonds. The molecule has 0 atom stereocenters. The monoisotopic (exact) mass is 340 g/mol. The maximum Gasteiger partial charge on any atom is 0.128 e. The molecule has 0 aliphatic heterocycles. The second-order valence-corrected chi connectivity index (χ2v) is 6.26. The standard InChI is InChI=1S/C21H28N2O2/c1-8-17(18-11-9-15(22(2)3)13-20(18)24-6)19-12-10-16(23(4)5)14-21(19)25-7/h8-14H,1-7H3. The van der Waals surface area contributed by atoms with E-state index < -0.39 is 0 Å². The highest BCUT2D eigenvalue weighted by molar-refractivity contribution is 5.87. The molecule has 2 rings (SSSR count). The third-order valence-electron chi connectivity index (χ3n) is 4.27. The summed E-state index contributed by atoms with van der Waals surface area (Å²) in [6.07, 6.45) is 2.10. The average Bonchev–Trinajstić information content (AvgIpc) is 2.62. The lowest BCUT2D eigenvalue weighted by Gasteiger charge is -2.20. The van der Waals surface area contributed by atoms with E-state index in [0.717, 1.165) is 39.6 Å². The Kier molecular flexibility index (Phi) is 5.97. The molecule has 0 spiro atoms. The van der Waals surface area contributed by atoms with Gasteiger partial charge in [-0.2, -0.15) is 0 Å². The van der Waals surface area contributed by atoms with Gasteiger partial charge in [0.15, 0.2) is 0 Å². The Hall–Kier alpha value is -2.62. The Morgan fingerprint density at radius 1 is 0.760 bits per heavy atom. The second-order valence-electron chi connectivity index (χ2n) is 6.26. The Labute approximate surface area is 151 Å². The number of rotatable bonds is 6. The molecule has 0 aliphatic carbocycles. The van der Waals surface area contributed by atoms with Gasteiger partial charge in [0.25, 0.3) is 0 Å². The minimum absolute atomic E-state index is 0.845. The van der Waals surface area contributed by atoms with Gasteiger partial charge in [0.05, 0.1) is 14.2 Å². The van der Waals surface area contributed by atoms with Gasteiger partial charge in [-0.1, -0.05) is 6.08 Å². The Morgan fingerprint density at radius 3 is 1.44 bits per heavy atom. The van der Waals surface area contributed by atoms with Gasteiger partial charge in [0, 0.05) is 62.8 Å². The van der Waals surface area contributed by atoms with Gasteiger partial charge < -0.3 is 19.3 Å². The largest absolute Gasteiger partial charge is 0.496 e. The summed E-state index contributed by atoms with van der Waals surface area (Å²) >= 11 is 0. The molecule has 0 N–H and O–H groups in total.